The van der Waals surface area contributed by atoms with E-state index >= 15 is 0 Å². The number of carbonyl (C=O) groups is 1. The lowest BCUT2D eigenvalue weighted by Gasteiger charge is -2.40. The number of hydrogen-bond donors (Lipinski definition) is 1. The molecule has 5 heterocycles. The number of anilines is 1. The first kappa shape index (κ1) is 21.5. The van der Waals surface area contributed by atoms with Crippen LogP contribution in [0.25, 0.3) is 10.9 Å². The minimum absolute atomic E-state index is 0.114. The Bertz CT molecular complexity index is 1230. The molecular weight excluding hydrogens is 439 g/mol. The number of nitrogens with zero attached hydrogens (tertiary/aromatic N) is 4. The number of nitrogens with two attached hydrogens (primary N) is 1. The minimum atomic E-state index is -4.49. The normalized spacial score (nSPS) is 20.8. The number of rotatable bonds is 2. The van der Waals surface area contributed by atoms with E-state index in [1.807, 2.05) is 6.92 Å². The van der Waals surface area contributed by atoms with Crippen LogP contribution in [0.3, 0.4) is 0 Å². The highest BCUT2D eigenvalue weighted by Crippen LogP contribution is 2.34. The maximum atomic E-state index is 13.6. The molecule has 5 rings (SSSR count). The van der Waals surface area contributed by atoms with Gasteiger partial charge in [-0.1, -0.05) is 0 Å². The van der Waals surface area contributed by atoms with Crippen LogP contribution in [-0.2, 0) is 28.9 Å². The molecule has 1 fully saturated rings. The maximum Gasteiger partial charge on any atom is 0.417 e. The van der Waals surface area contributed by atoms with Crippen molar-refractivity contribution < 1.29 is 27.4 Å². The molecule has 8 nitrogen and oxygen atoms in total. The first-order valence-electron chi connectivity index (χ1n) is 10.3. The summed E-state index contributed by atoms with van der Waals surface area (Å²) in [5.41, 5.74) is 7.90. The van der Waals surface area contributed by atoms with Crippen molar-refractivity contribution in [2.24, 2.45) is 0 Å². The minimum Gasteiger partial charge on any atom is -0.383 e. The highest BCUT2D eigenvalue weighted by Gasteiger charge is 2.37. The van der Waals surface area contributed by atoms with Crippen molar-refractivity contribution in [2.45, 2.75) is 38.4 Å². The van der Waals surface area contributed by atoms with Crippen molar-refractivity contribution in [1.29, 1.82) is 0 Å². The molecule has 2 atom stereocenters. The lowest BCUT2D eigenvalue weighted by atomic mass is 10.0. The molecule has 11 heteroatoms. The summed E-state index contributed by atoms with van der Waals surface area (Å²) in [5.74, 6) is 0.00927. The molecule has 0 aromatic carbocycles. The Kier molecular flexibility index (Phi) is 5.17. The fourth-order valence-corrected chi connectivity index (χ4v) is 4.28. The topological polar surface area (TPSA) is 103 Å². The number of pyridine rings is 3. The Labute approximate surface area is 186 Å². The van der Waals surface area contributed by atoms with Gasteiger partial charge in [-0.15, -0.1) is 0 Å². The molecular formula is C22H20F3N5O3. The molecule has 2 N–H and O–H groups in total. The number of alkyl halides is 3. The number of hydrogen-bond acceptors (Lipinski definition) is 7. The SMILES string of the molecule is C[C@@H]1COC[C@H](c2ccc(C(F)(F)F)cn2)N1C(=O)c1cc2c3c(c(N)nc2cn1)COC3. The second-order valence-corrected chi connectivity index (χ2v) is 8.12. The van der Waals surface area contributed by atoms with Gasteiger partial charge in [-0.3, -0.25) is 9.78 Å². The number of fused-ring (bicyclic) bond motifs is 3. The van der Waals surface area contributed by atoms with Crippen molar-refractivity contribution in [1.82, 2.24) is 19.9 Å². The zero-order valence-electron chi connectivity index (χ0n) is 17.6. The third-order valence-corrected chi connectivity index (χ3v) is 5.97. The molecule has 0 aliphatic carbocycles. The van der Waals surface area contributed by atoms with Gasteiger partial charge in [0, 0.05) is 17.1 Å². The summed E-state index contributed by atoms with van der Waals surface area (Å²) in [6, 6.07) is 2.91. The van der Waals surface area contributed by atoms with Gasteiger partial charge in [0.05, 0.1) is 61.5 Å². The highest BCUT2D eigenvalue weighted by atomic mass is 19.4. The molecule has 2 aliphatic heterocycles. The molecule has 0 saturated carbocycles. The zero-order chi connectivity index (χ0) is 23.3. The van der Waals surface area contributed by atoms with E-state index in [1.54, 1.807) is 11.0 Å². The second-order valence-electron chi connectivity index (χ2n) is 8.12. The van der Waals surface area contributed by atoms with Crippen LogP contribution in [0.5, 0.6) is 0 Å². The first-order chi connectivity index (χ1) is 15.7. The van der Waals surface area contributed by atoms with Gasteiger partial charge < -0.3 is 20.1 Å². The third kappa shape index (κ3) is 3.76. The monoisotopic (exact) mass is 459 g/mol. The summed E-state index contributed by atoms with van der Waals surface area (Å²) < 4.78 is 49.9. The number of aromatic nitrogens is 3. The lowest BCUT2D eigenvalue weighted by Crippen LogP contribution is -2.49. The molecule has 172 valence electrons. The Morgan fingerprint density at radius 3 is 2.64 bits per heavy atom. The fourth-order valence-electron chi connectivity index (χ4n) is 4.28. The molecule has 3 aromatic rings. The Morgan fingerprint density at radius 1 is 1.12 bits per heavy atom. The molecule has 0 unspecified atom stereocenters. The maximum absolute atomic E-state index is 13.6. The summed E-state index contributed by atoms with van der Waals surface area (Å²) in [6.07, 6.45) is -2.23. The van der Waals surface area contributed by atoms with Crippen molar-refractivity contribution in [3.8, 4) is 0 Å². The van der Waals surface area contributed by atoms with Gasteiger partial charge in [0.2, 0.25) is 0 Å². The molecule has 0 radical (unpaired) electrons. The number of halogens is 3. The smallest absolute Gasteiger partial charge is 0.383 e. The third-order valence-electron chi connectivity index (χ3n) is 5.97. The number of morpholine rings is 1. The Balaban J connectivity index is 1.51. The quantitative estimate of drug-likeness (QED) is 0.627. The van der Waals surface area contributed by atoms with E-state index in [0.29, 0.717) is 30.2 Å². The van der Waals surface area contributed by atoms with Crippen LogP contribution in [0.1, 0.15) is 45.8 Å². The molecule has 2 aliphatic rings. The second kappa shape index (κ2) is 7.92. The highest BCUT2D eigenvalue weighted by molar-refractivity contribution is 5.97. The van der Waals surface area contributed by atoms with Gasteiger partial charge in [-0.2, -0.15) is 13.2 Å². The van der Waals surface area contributed by atoms with Gasteiger partial charge in [-0.25, -0.2) is 9.97 Å². The largest absolute Gasteiger partial charge is 0.417 e. The number of ether oxygens (including phenoxy) is 2. The van der Waals surface area contributed by atoms with Gasteiger partial charge in [0.1, 0.15) is 11.5 Å². The first-order valence-corrected chi connectivity index (χ1v) is 10.3. The van der Waals surface area contributed by atoms with Crippen molar-refractivity contribution in [3.63, 3.8) is 0 Å². The summed E-state index contributed by atoms with van der Waals surface area (Å²) in [4.78, 5) is 27.8. The van der Waals surface area contributed by atoms with E-state index in [1.165, 1.54) is 12.3 Å². The van der Waals surface area contributed by atoms with E-state index in [2.05, 4.69) is 15.0 Å². The van der Waals surface area contributed by atoms with Crippen LogP contribution in [0.2, 0.25) is 0 Å². The van der Waals surface area contributed by atoms with Crippen LogP contribution in [0.15, 0.2) is 30.6 Å². The average molecular weight is 459 g/mol. The molecule has 0 spiro atoms. The van der Waals surface area contributed by atoms with Crippen LogP contribution in [-0.4, -0.2) is 45.0 Å². The lowest BCUT2D eigenvalue weighted by molar-refractivity contribution is -0.137. The predicted molar refractivity (Wildman–Crippen MR) is 111 cm³/mol. The summed E-state index contributed by atoms with van der Waals surface area (Å²) in [5, 5.41) is 0.736. The van der Waals surface area contributed by atoms with Crippen molar-refractivity contribution in [3.05, 3.63) is 58.7 Å². The average Bonchev–Trinajstić information content (AvgIpc) is 3.29. The standard InChI is InChI=1S/C22H20F3N5O3/c1-11-7-32-10-19(16-3-2-12(5-27-16)22(23,24)25)30(11)21(31)17-4-13-14-8-33-9-15(14)20(26)29-18(13)6-28-17/h2-6,11,19H,7-10H2,1H3,(H2,26,29)/t11-,19-/m1/s1. The van der Waals surface area contributed by atoms with Crippen LogP contribution < -0.4 is 5.73 Å². The van der Waals surface area contributed by atoms with E-state index < -0.39 is 17.8 Å². The molecule has 3 aromatic heterocycles. The number of carbonyl (C=O) groups excluding carboxylic acids is 1. The van der Waals surface area contributed by atoms with E-state index in [9.17, 15) is 18.0 Å². The molecule has 0 bridgehead atoms. The predicted octanol–water partition coefficient (Wildman–Crippen LogP) is 3.26. The van der Waals surface area contributed by atoms with Crippen LogP contribution >= 0.6 is 0 Å². The molecule has 1 amide bonds. The van der Waals surface area contributed by atoms with Crippen LogP contribution in [0, 0.1) is 0 Å². The van der Waals surface area contributed by atoms with Crippen molar-refractivity contribution in [2.75, 3.05) is 18.9 Å². The van der Waals surface area contributed by atoms with E-state index in [0.717, 1.165) is 28.8 Å². The van der Waals surface area contributed by atoms with Gasteiger partial charge in [0.25, 0.3) is 5.91 Å². The van der Waals surface area contributed by atoms with Gasteiger partial charge in [-0.05, 0) is 30.7 Å². The fraction of sp³-hybridized carbons (Fsp3) is 0.364. The summed E-state index contributed by atoms with van der Waals surface area (Å²) in [6.45, 7) is 2.93. The van der Waals surface area contributed by atoms with Crippen molar-refractivity contribution >= 4 is 22.6 Å². The summed E-state index contributed by atoms with van der Waals surface area (Å²) in [7, 11) is 0. The van der Waals surface area contributed by atoms with Crippen LogP contribution in [0.4, 0.5) is 19.0 Å². The van der Waals surface area contributed by atoms with E-state index in [-0.39, 0.29) is 30.9 Å². The van der Waals surface area contributed by atoms with Gasteiger partial charge in [0.15, 0.2) is 0 Å². The number of nitrogen functional groups attached to an aromatic ring is 1. The Morgan fingerprint density at radius 2 is 1.91 bits per heavy atom. The summed E-state index contributed by atoms with van der Waals surface area (Å²) >= 11 is 0. The van der Waals surface area contributed by atoms with E-state index in [4.69, 9.17) is 15.2 Å². The molecule has 33 heavy (non-hydrogen) atoms. The number of amides is 1. The Hall–Kier alpha value is -3.31. The molecule has 1 saturated heterocycles. The van der Waals surface area contributed by atoms with Gasteiger partial charge >= 0.3 is 6.18 Å². The zero-order valence-corrected chi connectivity index (χ0v) is 17.6.